The molecule has 4 nitrogen and oxygen atoms in total. The molecular weight excluding hydrogens is 354 g/mol. The summed E-state index contributed by atoms with van der Waals surface area (Å²) in [6.45, 7) is 6.69. The maximum absolute atomic E-state index is 12.6. The predicted octanol–water partition coefficient (Wildman–Crippen LogP) is 4.55. The van der Waals surface area contributed by atoms with Crippen LogP contribution in [-0.4, -0.2) is 33.4 Å². The molecule has 0 atom stereocenters. The number of hydrogen-bond donors (Lipinski definition) is 0. The number of nitrogens with zero attached hydrogens (tertiary/aromatic N) is 3. The van der Waals surface area contributed by atoms with Crippen molar-refractivity contribution in [3.63, 3.8) is 0 Å². The topological polar surface area (TPSA) is 38.1 Å². The van der Waals surface area contributed by atoms with Gasteiger partial charge < -0.3 is 4.90 Å². The van der Waals surface area contributed by atoms with Crippen LogP contribution in [0.25, 0.3) is 5.69 Å². The molecule has 3 aromatic rings. The van der Waals surface area contributed by atoms with Crippen LogP contribution in [0.5, 0.6) is 0 Å². The van der Waals surface area contributed by atoms with Gasteiger partial charge in [0.25, 0.3) is 0 Å². The van der Waals surface area contributed by atoms with Crippen LogP contribution >= 0.6 is 11.8 Å². The number of amides is 1. The van der Waals surface area contributed by atoms with Gasteiger partial charge in [0.05, 0.1) is 17.1 Å². The highest BCUT2D eigenvalue weighted by Gasteiger charge is 2.17. The molecule has 1 heterocycles. The third-order valence-electron chi connectivity index (χ3n) is 4.65. The minimum atomic E-state index is 0.117. The van der Waals surface area contributed by atoms with E-state index in [1.165, 1.54) is 5.56 Å². The Bertz CT molecular complexity index is 917. The molecule has 1 amide bonds. The van der Waals surface area contributed by atoms with Gasteiger partial charge in [0, 0.05) is 29.7 Å². The largest absolute Gasteiger partial charge is 0.341 e. The van der Waals surface area contributed by atoms with Crippen molar-refractivity contribution in [3.8, 4) is 5.69 Å². The average Bonchev–Trinajstić information content (AvgIpc) is 2.96. The number of aromatic nitrogens is 2. The lowest BCUT2D eigenvalue weighted by atomic mass is 10.2. The summed E-state index contributed by atoms with van der Waals surface area (Å²) in [5.41, 5.74) is 5.40. The van der Waals surface area contributed by atoms with Gasteiger partial charge >= 0.3 is 0 Å². The number of aryl methyl sites for hydroxylation is 2. The van der Waals surface area contributed by atoms with Crippen LogP contribution in [-0.2, 0) is 11.3 Å². The van der Waals surface area contributed by atoms with Gasteiger partial charge in [0.15, 0.2) is 0 Å². The lowest BCUT2D eigenvalue weighted by Crippen LogP contribution is -2.28. The predicted molar refractivity (Wildman–Crippen MR) is 111 cm³/mol. The molecule has 0 aliphatic heterocycles. The smallest absolute Gasteiger partial charge is 0.232 e. The Balaban J connectivity index is 1.66. The van der Waals surface area contributed by atoms with Crippen molar-refractivity contribution in [1.29, 1.82) is 0 Å². The van der Waals surface area contributed by atoms with Gasteiger partial charge in [-0.15, -0.1) is 11.8 Å². The zero-order valence-electron chi connectivity index (χ0n) is 16.3. The van der Waals surface area contributed by atoms with Crippen molar-refractivity contribution in [1.82, 2.24) is 14.7 Å². The van der Waals surface area contributed by atoms with Gasteiger partial charge in [-0.1, -0.05) is 35.9 Å². The van der Waals surface area contributed by atoms with Gasteiger partial charge in [-0.3, -0.25) is 4.79 Å². The summed E-state index contributed by atoms with van der Waals surface area (Å²) in [5, 5.41) is 4.67. The van der Waals surface area contributed by atoms with Crippen LogP contribution in [0.4, 0.5) is 0 Å². The Kier molecular flexibility index (Phi) is 6.01. The Morgan fingerprint density at radius 2 is 1.70 bits per heavy atom. The SMILES string of the molecule is Cc1ccc(SCC(=O)N(C)Cc2c(C)nn(-c3ccccc3)c2C)cc1. The van der Waals surface area contributed by atoms with E-state index in [-0.39, 0.29) is 5.91 Å². The molecular formula is C22H25N3OS. The molecule has 1 aromatic heterocycles. The van der Waals surface area contributed by atoms with Gasteiger partial charge in [0.1, 0.15) is 0 Å². The van der Waals surface area contributed by atoms with Gasteiger partial charge in [-0.05, 0) is 45.0 Å². The Labute approximate surface area is 165 Å². The molecule has 2 aromatic carbocycles. The number of carbonyl (C=O) groups excluding carboxylic acids is 1. The summed E-state index contributed by atoms with van der Waals surface area (Å²) < 4.78 is 1.95. The molecule has 0 radical (unpaired) electrons. The van der Waals surface area contributed by atoms with Crippen molar-refractivity contribution >= 4 is 17.7 Å². The summed E-state index contributed by atoms with van der Waals surface area (Å²) in [5.74, 6) is 0.552. The summed E-state index contributed by atoms with van der Waals surface area (Å²) in [6.07, 6.45) is 0. The van der Waals surface area contributed by atoms with Crippen LogP contribution in [0.3, 0.4) is 0 Å². The van der Waals surface area contributed by atoms with Crippen LogP contribution in [0.15, 0.2) is 59.5 Å². The normalized spacial score (nSPS) is 10.8. The quantitative estimate of drug-likeness (QED) is 0.590. The Hall–Kier alpha value is -2.53. The highest BCUT2D eigenvalue weighted by molar-refractivity contribution is 8.00. The molecule has 27 heavy (non-hydrogen) atoms. The Morgan fingerprint density at radius 3 is 2.37 bits per heavy atom. The van der Waals surface area contributed by atoms with E-state index in [9.17, 15) is 4.79 Å². The molecule has 0 bridgehead atoms. The van der Waals surface area contributed by atoms with Gasteiger partial charge in [0.2, 0.25) is 5.91 Å². The minimum absolute atomic E-state index is 0.117. The first-order valence-corrected chi connectivity index (χ1v) is 9.98. The second-order valence-corrected chi connectivity index (χ2v) is 7.80. The number of benzene rings is 2. The number of carbonyl (C=O) groups is 1. The van der Waals surface area contributed by atoms with E-state index in [0.29, 0.717) is 12.3 Å². The molecule has 3 rings (SSSR count). The van der Waals surface area contributed by atoms with Crippen LogP contribution in [0.1, 0.15) is 22.5 Å². The average molecular weight is 380 g/mol. The van der Waals surface area contributed by atoms with Gasteiger partial charge in [-0.25, -0.2) is 4.68 Å². The summed E-state index contributed by atoms with van der Waals surface area (Å²) >= 11 is 1.57. The fourth-order valence-electron chi connectivity index (χ4n) is 2.94. The molecule has 0 aliphatic carbocycles. The second kappa shape index (κ2) is 8.44. The Morgan fingerprint density at radius 1 is 1.04 bits per heavy atom. The maximum atomic E-state index is 12.6. The van der Waals surface area contributed by atoms with Crippen molar-refractivity contribution in [2.45, 2.75) is 32.2 Å². The highest BCUT2D eigenvalue weighted by Crippen LogP contribution is 2.21. The number of hydrogen-bond acceptors (Lipinski definition) is 3. The summed E-state index contributed by atoms with van der Waals surface area (Å²) in [7, 11) is 1.86. The molecule has 5 heteroatoms. The van der Waals surface area contributed by atoms with E-state index in [2.05, 4.69) is 43.2 Å². The van der Waals surface area contributed by atoms with E-state index in [4.69, 9.17) is 0 Å². The van der Waals surface area contributed by atoms with Crippen LogP contribution in [0, 0.1) is 20.8 Å². The fourth-order valence-corrected chi connectivity index (χ4v) is 3.78. The van der Waals surface area contributed by atoms with E-state index in [1.807, 2.05) is 49.0 Å². The molecule has 0 N–H and O–H groups in total. The van der Waals surface area contributed by atoms with Crippen molar-refractivity contribution in [3.05, 3.63) is 77.1 Å². The van der Waals surface area contributed by atoms with E-state index >= 15 is 0 Å². The van der Waals surface area contributed by atoms with Crippen molar-refractivity contribution < 1.29 is 4.79 Å². The zero-order valence-corrected chi connectivity index (χ0v) is 17.1. The molecule has 0 unspecified atom stereocenters. The van der Waals surface area contributed by atoms with E-state index in [1.54, 1.807) is 16.7 Å². The molecule has 0 saturated carbocycles. The lowest BCUT2D eigenvalue weighted by molar-refractivity contribution is -0.127. The van der Waals surface area contributed by atoms with Crippen molar-refractivity contribution in [2.24, 2.45) is 0 Å². The minimum Gasteiger partial charge on any atom is -0.341 e. The van der Waals surface area contributed by atoms with Crippen LogP contribution in [0.2, 0.25) is 0 Å². The fraction of sp³-hybridized carbons (Fsp3) is 0.273. The van der Waals surface area contributed by atoms with Crippen molar-refractivity contribution in [2.75, 3.05) is 12.8 Å². The number of para-hydroxylation sites is 1. The standard InChI is InChI=1S/C22H25N3OS/c1-16-10-12-20(13-11-16)27-15-22(26)24(4)14-21-17(2)23-25(18(21)3)19-8-6-5-7-9-19/h5-13H,14-15H2,1-4H3. The third kappa shape index (κ3) is 4.61. The van der Waals surface area contributed by atoms with Gasteiger partial charge in [-0.2, -0.15) is 5.10 Å². The molecule has 0 saturated heterocycles. The highest BCUT2D eigenvalue weighted by atomic mass is 32.2. The zero-order chi connectivity index (χ0) is 19.4. The lowest BCUT2D eigenvalue weighted by Gasteiger charge is -2.17. The first-order chi connectivity index (χ1) is 13.0. The van der Waals surface area contributed by atoms with E-state index in [0.717, 1.165) is 27.5 Å². The maximum Gasteiger partial charge on any atom is 0.232 e. The molecule has 0 aliphatic rings. The summed E-state index contributed by atoms with van der Waals surface area (Å²) in [4.78, 5) is 15.5. The number of rotatable bonds is 6. The first kappa shape index (κ1) is 19.2. The molecule has 0 spiro atoms. The number of thioether (sulfide) groups is 1. The third-order valence-corrected chi connectivity index (χ3v) is 5.64. The summed E-state index contributed by atoms with van der Waals surface area (Å²) in [6, 6.07) is 18.3. The second-order valence-electron chi connectivity index (χ2n) is 6.75. The molecule has 140 valence electrons. The van der Waals surface area contributed by atoms with Crippen LogP contribution < -0.4 is 0 Å². The first-order valence-electron chi connectivity index (χ1n) is 8.99. The van der Waals surface area contributed by atoms with E-state index < -0.39 is 0 Å². The monoisotopic (exact) mass is 379 g/mol. The molecule has 0 fully saturated rings.